The van der Waals surface area contributed by atoms with Gasteiger partial charge < -0.3 is 5.11 Å². The van der Waals surface area contributed by atoms with E-state index in [1.807, 2.05) is 12.3 Å². The summed E-state index contributed by atoms with van der Waals surface area (Å²) in [5.41, 5.74) is 3.40. The summed E-state index contributed by atoms with van der Waals surface area (Å²) in [6.45, 7) is 0.140. The third-order valence-corrected chi connectivity index (χ3v) is 2.62. The second kappa shape index (κ2) is 2.99. The molecule has 0 spiro atoms. The van der Waals surface area contributed by atoms with Gasteiger partial charge >= 0.3 is 0 Å². The average Bonchev–Trinajstić information content (AvgIpc) is 2.49. The summed E-state index contributed by atoms with van der Waals surface area (Å²) in [5.74, 6) is 0. The molecule has 0 aliphatic heterocycles. The molecule has 0 fully saturated rings. The topological polar surface area (TPSA) is 33.1 Å². The van der Waals surface area contributed by atoms with E-state index >= 15 is 0 Å². The first-order chi connectivity index (χ1) is 5.81. The fourth-order valence-corrected chi connectivity index (χ4v) is 1.88. The minimum Gasteiger partial charge on any atom is -0.392 e. The first-order valence-electron chi connectivity index (χ1n) is 3.74. The zero-order valence-electron chi connectivity index (χ0n) is 6.42. The Bertz CT molecular complexity index is 346. The Labute approximate surface area is 79.1 Å². The summed E-state index contributed by atoms with van der Waals surface area (Å²) in [6, 6.07) is 0. The fourth-order valence-electron chi connectivity index (χ4n) is 1.39. The van der Waals surface area contributed by atoms with E-state index in [-0.39, 0.29) is 6.61 Å². The number of pyridine rings is 1. The zero-order valence-corrected chi connectivity index (χ0v) is 8.00. The van der Waals surface area contributed by atoms with Crippen LogP contribution in [0.5, 0.6) is 0 Å². The van der Waals surface area contributed by atoms with E-state index in [2.05, 4.69) is 20.9 Å². The molecule has 1 aromatic rings. The quantitative estimate of drug-likeness (QED) is 0.791. The normalized spacial score (nSPS) is 14.3. The number of aliphatic hydroxyl groups excluding tert-OH is 1. The van der Waals surface area contributed by atoms with E-state index in [1.54, 1.807) is 6.20 Å². The minimum atomic E-state index is 0.140. The zero-order chi connectivity index (χ0) is 8.55. The monoisotopic (exact) mass is 225 g/mol. The number of nitrogens with zero attached hydrogens (tertiary/aromatic N) is 1. The van der Waals surface area contributed by atoms with Crippen LogP contribution in [0.1, 0.15) is 11.1 Å². The van der Waals surface area contributed by atoms with Crippen LogP contribution in [0.2, 0.25) is 0 Å². The molecule has 0 aromatic carbocycles. The van der Waals surface area contributed by atoms with Crippen LogP contribution in [0, 0.1) is 0 Å². The lowest BCUT2D eigenvalue weighted by Crippen LogP contribution is -1.90. The van der Waals surface area contributed by atoms with Crippen molar-refractivity contribution in [1.29, 1.82) is 0 Å². The predicted molar refractivity (Wildman–Crippen MR) is 50.7 cm³/mol. The molecule has 0 bridgehead atoms. The molecule has 1 heterocycles. The van der Waals surface area contributed by atoms with E-state index in [9.17, 15) is 0 Å². The maximum atomic E-state index is 8.93. The molecule has 0 saturated carbocycles. The molecule has 0 amide bonds. The van der Waals surface area contributed by atoms with Crippen molar-refractivity contribution in [3.63, 3.8) is 0 Å². The molecule has 62 valence electrons. The molecule has 1 aliphatic rings. The maximum absolute atomic E-state index is 8.93. The highest BCUT2D eigenvalue weighted by Crippen LogP contribution is 2.29. The molecule has 0 atom stereocenters. The maximum Gasteiger partial charge on any atom is 0.0648 e. The van der Waals surface area contributed by atoms with Gasteiger partial charge in [0.25, 0.3) is 0 Å². The third kappa shape index (κ3) is 1.19. The first kappa shape index (κ1) is 7.95. The molecule has 0 radical (unpaired) electrons. The molecule has 1 N–H and O–H groups in total. The van der Waals surface area contributed by atoms with Crippen molar-refractivity contribution in [1.82, 2.24) is 4.98 Å². The van der Waals surface area contributed by atoms with Crippen LogP contribution in [0.4, 0.5) is 0 Å². The largest absolute Gasteiger partial charge is 0.392 e. The summed E-state index contributed by atoms with van der Waals surface area (Å²) in [7, 11) is 0. The van der Waals surface area contributed by atoms with E-state index in [1.165, 1.54) is 5.56 Å². The van der Waals surface area contributed by atoms with Crippen molar-refractivity contribution < 1.29 is 5.11 Å². The Kier molecular flexibility index (Phi) is 1.98. The second-order valence-corrected chi connectivity index (χ2v) is 3.69. The van der Waals surface area contributed by atoms with E-state index in [4.69, 9.17) is 5.11 Å². The summed E-state index contributed by atoms with van der Waals surface area (Å²) in [5, 5.41) is 8.93. The van der Waals surface area contributed by atoms with Gasteiger partial charge in [0.05, 0.1) is 6.61 Å². The molecule has 0 unspecified atom stereocenters. The van der Waals surface area contributed by atoms with Crippen LogP contribution < -0.4 is 0 Å². The van der Waals surface area contributed by atoms with Crippen LogP contribution >= 0.6 is 15.9 Å². The summed E-state index contributed by atoms with van der Waals surface area (Å²) in [6.07, 6.45) is 6.47. The van der Waals surface area contributed by atoms with Gasteiger partial charge in [-0.3, -0.25) is 4.98 Å². The number of rotatable bonds is 1. The van der Waals surface area contributed by atoms with Crippen LogP contribution in [0.3, 0.4) is 0 Å². The van der Waals surface area contributed by atoms with Gasteiger partial charge in [-0.05, 0) is 39.1 Å². The Morgan fingerprint density at radius 3 is 3.00 bits per heavy atom. The first-order valence-corrected chi connectivity index (χ1v) is 4.53. The van der Waals surface area contributed by atoms with Gasteiger partial charge in [0.2, 0.25) is 0 Å². The minimum absolute atomic E-state index is 0.140. The SMILES string of the molecule is OCC1=Cc2c(Br)cncc2C1. The molecule has 1 aliphatic carbocycles. The number of hydrogen-bond acceptors (Lipinski definition) is 2. The number of fused-ring (bicyclic) bond motifs is 1. The molecular weight excluding hydrogens is 218 g/mol. The van der Waals surface area contributed by atoms with Gasteiger partial charge in [0.15, 0.2) is 0 Å². The number of hydrogen-bond donors (Lipinski definition) is 1. The number of halogens is 1. The van der Waals surface area contributed by atoms with Crippen molar-refractivity contribution in [2.45, 2.75) is 6.42 Å². The van der Waals surface area contributed by atoms with Gasteiger partial charge in [-0.1, -0.05) is 6.08 Å². The van der Waals surface area contributed by atoms with Crippen molar-refractivity contribution >= 4 is 22.0 Å². The summed E-state index contributed by atoms with van der Waals surface area (Å²) >= 11 is 3.42. The van der Waals surface area contributed by atoms with Crippen molar-refractivity contribution in [2.75, 3.05) is 6.61 Å². The van der Waals surface area contributed by atoms with Crippen molar-refractivity contribution in [2.24, 2.45) is 0 Å². The lowest BCUT2D eigenvalue weighted by Gasteiger charge is -1.98. The van der Waals surface area contributed by atoms with E-state index in [0.717, 1.165) is 22.0 Å². The number of aromatic nitrogens is 1. The van der Waals surface area contributed by atoms with Crippen LogP contribution in [0.15, 0.2) is 22.4 Å². The van der Waals surface area contributed by atoms with E-state index in [0.29, 0.717) is 0 Å². The second-order valence-electron chi connectivity index (χ2n) is 2.83. The van der Waals surface area contributed by atoms with Crippen LogP contribution in [-0.2, 0) is 6.42 Å². The molecule has 3 heteroatoms. The summed E-state index contributed by atoms with van der Waals surface area (Å²) in [4.78, 5) is 4.06. The summed E-state index contributed by atoms with van der Waals surface area (Å²) < 4.78 is 1.00. The number of aliphatic hydroxyl groups is 1. The lowest BCUT2D eigenvalue weighted by atomic mass is 10.2. The van der Waals surface area contributed by atoms with Crippen LogP contribution in [-0.4, -0.2) is 16.7 Å². The fraction of sp³-hybridized carbons (Fsp3) is 0.222. The Balaban J connectivity index is 2.48. The highest BCUT2D eigenvalue weighted by Gasteiger charge is 2.13. The van der Waals surface area contributed by atoms with Gasteiger partial charge in [0.1, 0.15) is 0 Å². The molecule has 0 saturated heterocycles. The predicted octanol–water partition coefficient (Wildman–Crippen LogP) is 1.78. The molecular formula is C9H8BrNO. The lowest BCUT2D eigenvalue weighted by molar-refractivity contribution is 0.330. The third-order valence-electron chi connectivity index (χ3n) is 1.99. The van der Waals surface area contributed by atoms with Gasteiger partial charge in [-0.25, -0.2) is 0 Å². The van der Waals surface area contributed by atoms with Gasteiger partial charge in [-0.2, -0.15) is 0 Å². The van der Waals surface area contributed by atoms with Crippen LogP contribution in [0.25, 0.3) is 6.08 Å². The standard InChI is InChI=1S/C9H8BrNO/c10-9-4-11-3-7-1-6(5-12)2-8(7)9/h2-4,12H,1,5H2. The highest BCUT2D eigenvalue weighted by atomic mass is 79.9. The smallest absolute Gasteiger partial charge is 0.0648 e. The molecule has 2 nitrogen and oxygen atoms in total. The Morgan fingerprint density at radius 2 is 2.33 bits per heavy atom. The van der Waals surface area contributed by atoms with Crippen molar-refractivity contribution in [3.05, 3.63) is 33.6 Å². The van der Waals surface area contributed by atoms with E-state index < -0.39 is 0 Å². The highest BCUT2D eigenvalue weighted by molar-refractivity contribution is 9.10. The Morgan fingerprint density at radius 1 is 1.50 bits per heavy atom. The molecule has 12 heavy (non-hydrogen) atoms. The van der Waals surface area contributed by atoms with Gasteiger partial charge in [-0.15, -0.1) is 0 Å². The average molecular weight is 226 g/mol. The van der Waals surface area contributed by atoms with Gasteiger partial charge in [0, 0.05) is 16.9 Å². The molecule has 1 aromatic heterocycles. The molecule has 2 rings (SSSR count). The van der Waals surface area contributed by atoms with Crippen molar-refractivity contribution in [3.8, 4) is 0 Å². The Hall–Kier alpha value is -0.670.